The molecule has 0 spiro atoms. The van der Waals surface area contributed by atoms with E-state index in [9.17, 15) is 0 Å². The lowest BCUT2D eigenvalue weighted by molar-refractivity contribution is 0.630. The van der Waals surface area contributed by atoms with Crippen molar-refractivity contribution in [2.75, 3.05) is 0 Å². The third-order valence-corrected chi connectivity index (χ3v) is 2.81. The average Bonchev–Trinajstić information content (AvgIpc) is 2.57. The van der Waals surface area contributed by atoms with E-state index in [4.69, 9.17) is 0 Å². The molecule has 0 aliphatic rings. The minimum Gasteiger partial charge on any atom is -0.167 e. The van der Waals surface area contributed by atoms with Crippen LogP contribution in [0.25, 0.3) is 11.4 Å². The Bertz CT molecular complexity index is 464. The van der Waals surface area contributed by atoms with Crippen molar-refractivity contribution in [2.45, 2.75) is 6.92 Å². The first kappa shape index (κ1) is 9.33. The summed E-state index contributed by atoms with van der Waals surface area (Å²) in [6.07, 6.45) is 0. The first-order valence-corrected chi connectivity index (χ1v) is 4.96. The Morgan fingerprint density at radius 3 is 2.71 bits per heavy atom. The standard InChI is InChI=1S/C9H9BrN4/c1-6-5-7(3-4-8(6)10)9-11-13-14(2)12-9/h3-5H,1-2H3. The number of halogens is 1. The Hall–Kier alpha value is -1.23. The van der Waals surface area contributed by atoms with E-state index in [0.717, 1.165) is 15.6 Å². The first-order chi connectivity index (χ1) is 6.66. The van der Waals surface area contributed by atoms with Crippen LogP contribution in [0.15, 0.2) is 22.7 Å². The Morgan fingerprint density at radius 2 is 2.14 bits per heavy atom. The van der Waals surface area contributed by atoms with E-state index in [2.05, 4.69) is 31.3 Å². The van der Waals surface area contributed by atoms with E-state index in [-0.39, 0.29) is 0 Å². The number of aromatic nitrogens is 4. The van der Waals surface area contributed by atoms with Gasteiger partial charge < -0.3 is 0 Å². The van der Waals surface area contributed by atoms with Gasteiger partial charge in [-0.15, -0.1) is 10.2 Å². The summed E-state index contributed by atoms with van der Waals surface area (Å²) in [7, 11) is 1.75. The molecule has 2 rings (SSSR count). The molecule has 5 heteroatoms. The van der Waals surface area contributed by atoms with Crippen LogP contribution in [0.5, 0.6) is 0 Å². The predicted molar refractivity (Wildman–Crippen MR) is 56.7 cm³/mol. The van der Waals surface area contributed by atoms with Gasteiger partial charge in [-0.1, -0.05) is 15.9 Å². The van der Waals surface area contributed by atoms with Crippen LogP contribution >= 0.6 is 15.9 Å². The maximum absolute atomic E-state index is 4.13. The van der Waals surface area contributed by atoms with Gasteiger partial charge in [-0.2, -0.15) is 4.80 Å². The molecule has 0 aliphatic carbocycles. The fraction of sp³-hybridized carbons (Fsp3) is 0.222. The average molecular weight is 253 g/mol. The van der Waals surface area contributed by atoms with Crippen LogP contribution in [-0.4, -0.2) is 20.2 Å². The third-order valence-electron chi connectivity index (χ3n) is 1.92. The molecule has 2 aromatic rings. The summed E-state index contributed by atoms with van der Waals surface area (Å²) in [4.78, 5) is 1.45. The highest BCUT2D eigenvalue weighted by molar-refractivity contribution is 9.10. The Morgan fingerprint density at radius 1 is 1.36 bits per heavy atom. The topological polar surface area (TPSA) is 43.6 Å². The third kappa shape index (κ3) is 1.68. The molecule has 1 aromatic heterocycles. The Labute approximate surface area is 90.1 Å². The summed E-state index contributed by atoms with van der Waals surface area (Å²) in [5.74, 6) is 0.656. The van der Waals surface area contributed by atoms with E-state index >= 15 is 0 Å². The Kier molecular flexibility index (Phi) is 2.33. The zero-order chi connectivity index (χ0) is 10.1. The van der Waals surface area contributed by atoms with Crippen molar-refractivity contribution < 1.29 is 0 Å². The monoisotopic (exact) mass is 252 g/mol. The lowest BCUT2D eigenvalue weighted by atomic mass is 10.1. The van der Waals surface area contributed by atoms with Crippen molar-refractivity contribution >= 4 is 15.9 Å². The number of hydrogen-bond donors (Lipinski definition) is 0. The maximum atomic E-state index is 4.13. The highest BCUT2D eigenvalue weighted by Gasteiger charge is 2.05. The van der Waals surface area contributed by atoms with Crippen molar-refractivity contribution in [2.24, 2.45) is 7.05 Å². The molecule has 0 atom stereocenters. The second-order valence-corrected chi connectivity index (χ2v) is 3.92. The highest BCUT2D eigenvalue weighted by atomic mass is 79.9. The van der Waals surface area contributed by atoms with E-state index in [1.807, 2.05) is 25.1 Å². The first-order valence-electron chi connectivity index (χ1n) is 4.17. The minimum atomic E-state index is 0.656. The van der Waals surface area contributed by atoms with Crippen LogP contribution in [0.4, 0.5) is 0 Å². The van der Waals surface area contributed by atoms with Crippen LogP contribution in [0, 0.1) is 6.92 Å². The Balaban J connectivity index is 2.47. The molecule has 72 valence electrons. The molecule has 4 nitrogen and oxygen atoms in total. The molecule has 1 heterocycles. The maximum Gasteiger partial charge on any atom is 0.204 e. The molecule has 0 bridgehead atoms. The number of rotatable bonds is 1. The molecule has 0 N–H and O–H groups in total. The zero-order valence-corrected chi connectivity index (χ0v) is 9.48. The fourth-order valence-electron chi connectivity index (χ4n) is 1.18. The molecule has 0 saturated heterocycles. The molecule has 14 heavy (non-hydrogen) atoms. The van der Waals surface area contributed by atoms with Crippen molar-refractivity contribution in [3.63, 3.8) is 0 Å². The largest absolute Gasteiger partial charge is 0.204 e. The fourth-order valence-corrected chi connectivity index (χ4v) is 1.43. The van der Waals surface area contributed by atoms with Crippen molar-refractivity contribution in [1.29, 1.82) is 0 Å². The molecule has 0 amide bonds. The van der Waals surface area contributed by atoms with Gasteiger partial charge in [0.25, 0.3) is 0 Å². The van der Waals surface area contributed by atoms with E-state index in [1.165, 1.54) is 4.80 Å². The van der Waals surface area contributed by atoms with Gasteiger partial charge >= 0.3 is 0 Å². The lowest BCUT2D eigenvalue weighted by Crippen LogP contribution is -1.92. The van der Waals surface area contributed by atoms with Gasteiger partial charge in [-0.05, 0) is 35.9 Å². The molecular formula is C9H9BrN4. The molecule has 0 radical (unpaired) electrons. The molecule has 0 unspecified atom stereocenters. The van der Waals surface area contributed by atoms with E-state index < -0.39 is 0 Å². The summed E-state index contributed by atoms with van der Waals surface area (Å²) < 4.78 is 1.09. The van der Waals surface area contributed by atoms with Gasteiger partial charge in [0.1, 0.15) is 0 Å². The quantitative estimate of drug-likeness (QED) is 0.780. The SMILES string of the molecule is Cc1cc(-c2nnn(C)n2)ccc1Br. The van der Waals surface area contributed by atoms with Gasteiger partial charge in [-0.25, -0.2) is 0 Å². The second kappa shape index (κ2) is 3.49. The van der Waals surface area contributed by atoms with Gasteiger partial charge in [0.15, 0.2) is 0 Å². The number of tetrazole rings is 1. The molecular weight excluding hydrogens is 244 g/mol. The van der Waals surface area contributed by atoms with Crippen LogP contribution < -0.4 is 0 Å². The van der Waals surface area contributed by atoms with Crippen molar-refractivity contribution in [1.82, 2.24) is 20.2 Å². The number of nitrogens with zero attached hydrogens (tertiary/aromatic N) is 4. The summed E-state index contributed by atoms with van der Waals surface area (Å²) in [6, 6.07) is 5.98. The van der Waals surface area contributed by atoms with Gasteiger partial charge in [0.2, 0.25) is 5.82 Å². The summed E-state index contributed by atoms with van der Waals surface area (Å²) >= 11 is 3.45. The van der Waals surface area contributed by atoms with E-state index in [0.29, 0.717) is 5.82 Å². The second-order valence-electron chi connectivity index (χ2n) is 3.07. The highest BCUT2D eigenvalue weighted by Crippen LogP contribution is 2.21. The molecule has 0 saturated carbocycles. The number of aryl methyl sites for hydroxylation is 2. The zero-order valence-electron chi connectivity index (χ0n) is 7.90. The molecule has 0 fully saturated rings. The summed E-state index contributed by atoms with van der Waals surface area (Å²) in [5, 5.41) is 11.9. The smallest absolute Gasteiger partial charge is 0.167 e. The van der Waals surface area contributed by atoms with Crippen molar-refractivity contribution in [3.05, 3.63) is 28.2 Å². The van der Waals surface area contributed by atoms with Crippen LogP contribution in [-0.2, 0) is 7.05 Å². The van der Waals surface area contributed by atoms with Gasteiger partial charge in [-0.3, -0.25) is 0 Å². The van der Waals surface area contributed by atoms with Crippen molar-refractivity contribution in [3.8, 4) is 11.4 Å². The lowest BCUT2D eigenvalue weighted by Gasteiger charge is -1.99. The predicted octanol–water partition coefficient (Wildman–Crippen LogP) is 1.95. The van der Waals surface area contributed by atoms with Crippen LogP contribution in [0.3, 0.4) is 0 Å². The normalized spacial score (nSPS) is 10.5. The minimum absolute atomic E-state index is 0.656. The van der Waals surface area contributed by atoms with E-state index in [1.54, 1.807) is 7.05 Å². The number of benzene rings is 1. The summed E-state index contributed by atoms with van der Waals surface area (Å²) in [5.41, 5.74) is 2.15. The van der Waals surface area contributed by atoms with Gasteiger partial charge in [0, 0.05) is 10.0 Å². The molecule has 0 aliphatic heterocycles. The molecule has 1 aromatic carbocycles. The van der Waals surface area contributed by atoms with Crippen LogP contribution in [0.2, 0.25) is 0 Å². The van der Waals surface area contributed by atoms with Gasteiger partial charge in [0.05, 0.1) is 7.05 Å². The van der Waals surface area contributed by atoms with Crippen LogP contribution in [0.1, 0.15) is 5.56 Å². The number of hydrogen-bond acceptors (Lipinski definition) is 3. The summed E-state index contributed by atoms with van der Waals surface area (Å²) in [6.45, 7) is 2.03.